The molecule has 138 valence electrons. The summed E-state index contributed by atoms with van der Waals surface area (Å²) in [6.07, 6.45) is 4.73. The van der Waals surface area contributed by atoms with Crippen molar-refractivity contribution in [1.29, 1.82) is 0 Å². The van der Waals surface area contributed by atoms with Gasteiger partial charge in [-0.2, -0.15) is 0 Å². The van der Waals surface area contributed by atoms with E-state index in [2.05, 4.69) is 69.1 Å². The van der Waals surface area contributed by atoms with Crippen LogP contribution in [0.1, 0.15) is 58.1 Å². The zero-order valence-corrected chi connectivity index (χ0v) is 17.6. The number of amidine groups is 1. The second kappa shape index (κ2) is 7.24. The lowest BCUT2D eigenvalue weighted by Crippen LogP contribution is -2.46. The minimum absolute atomic E-state index is 0.264. The van der Waals surface area contributed by atoms with E-state index in [9.17, 15) is 0 Å². The van der Waals surface area contributed by atoms with E-state index in [4.69, 9.17) is 9.42 Å². The second-order valence-electron chi connectivity index (χ2n) is 9.04. The van der Waals surface area contributed by atoms with Gasteiger partial charge in [0, 0.05) is 13.0 Å². The van der Waals surface area contributed by atoms with Crippen molar-refractivity contribution in [2.24, 2.45) is 4.99 Å². The molecule has 0 bridgehead atoms. The third-order valence-electron chi connectivity index (χ3n) is 6.28. The van der Waals surface area contributed by atoms with E-state index in [1.165, 1.54) is 30.7 Å². The Morgan fingerprint density at radius 3 is 2.48 bits per heavy atom. The number of rotatable bonds is 4. The number of hydrogen-bond acceptors (Lipinski definition) is 3. The lowest BCUT2D eigenvalue weighted by molar-refractivity contribution is 0.192. The predicted octanol–water partition coefficient (Wildman–Crippen LogP) is 5.41. The molecule has 1 aromatic rings. The van der Waals surface area contributed by atoms with Crippen molar-refractivity contribution in [3.63, 3.8) is 0 Å². The van der Waals surface area contributed by atoms with Gasteiger partial charge in [-0.15, -0.1) is 0 Å². The Bertz CT molecular complexity index is 606. The van der Waals surface area contributed by atoms with Crippen LogP contribution in [0.25, 0.3) is 0 Å². The highest BCUT2D eigenvalue weighted by atomic mass is 28.4. The molecule has 2 aliphatic rings. The fourth-order valence-electron chi connectivity index (χ4n) is 3.70. The second-order valence-corrected chi connectivity index (χ2v) is 13.8. The van der Waals surface area contributed by atoms with Crippen molar-refractivity contribution < 1.29 is 4.43 Å². The minimum atomic E-state index is -1.71. The average Bonchev–Trinajstić information content (AvgIpc) is 3.22. The van der Waals surface area contributed by atoms with Gasteiger partial charge >= 0.3 is 0 Å². The van der Waals surface area contributed by atoms with Gasteiger partial charge < -0.3 is 9.33 Å². The maximum atomic E-state index is 6.59. The zero-order valence-electron chi connectivity index (χ0n) is 16.6. The minimum Gasteiger partial charge on any atom is -0.415 e. The monoisotopic (exact) mass is 358 g/mol. The fraction of sp³-hybridized carbons (Fsp3) is 0.667. The number of likely N-dealkylation sites (tertiary alicyclic amines) is 1. The van der Waals surface area contributed by atoms with Crippen molar-refractivity contribution in [2.45, 2.75) is 76.7 Å². The largest absolute Gasteiger partial charge is 0.415 e. The van der Waals surface area contributed by atoms with Crippen molar-refractivity contribution in [2.75, 3.05) is 13.2 Å². The van der Waals surface area contributed by atoms with E-state index in [1.54, 1.807) is 0 Å². The molecule has 0 amide bonds. The molecule has 0 saturated carbocycles. The molecule has 3 nitrogen and oxygen atoms in total. The fourth-order valence-corrected chi connectivity index (χ4v) is 4.74. The van der Waals surface area contributed by atoms with Crippen molar-refractivity contribution in [1.82, 2.24) is 4.90 Å². The van der Waals surface area contributed by atoms with Crippen LogP contribution in [0.3, 0.4) is 0 Å². The smallest absolute Gasteiger partial charge is 0.192 e. The van der Waals surface area contributed by atoms with Gasteiger partial charge in [0.05, 0.1) is 24.5 Å². The summed E-state index contributed by atoms with van der Waals surface area (Å²) in [5, 5.41) is 0.264. The Morgan fingerprint density at radius 1 is 1.16 bits per heavy atom. The summed E-state index contributed by atoms with van der Waals surface area (Å²) in [5.74, 6) is 1.31. The normalized spacial score (nSPS) is 24.7. The van der Waals surface area contributed by atoms with E-state index in [0.717, 1.165) is 19.6 Å². The van der Waals surface area contributed by atoms with Crippen molar-refractivity contribution in [3.8, 4) is 0 Å². The molecule has 1 saturated heterocycles. The molecule has 4 heteroatoms. The molecule has 0 spiro atoms. The number of aliphatic imine (C=N–C) groups is 1. The van der Waals surface area contributed by atoms with Crippen LogP contribution in [-0.4, -0.2) is 38.2 Å². The van der Waals surface area contributed by atoms with E-state index in [1.807, 2.05) is 0 Å². The molecule has 2 heterocycles. The molecule has 2 aliphatic heterocycles. The lowest BCUT2D eigenvalue weighted by Gasteiger charge is -2.39. The van der Waals surface area contributed by atoms with Gasteiger partial charge in [-0.05, 0) is 43.0 Å². The molecule has 0 radical (unpaired) electrons. The van der Waals surface area contributed by atoms with E-state index in [0.29, 0.717) is 12.1 Å². The quantitative estimate of drug-likeness (QED) is 0.673. The highest BCUT2D eigenvalue weighted by Crippen LogP contribution is 2.40. The van der Waals surface area contributed by atoms with Gasteiger partial charge in [0.1, 0.15) is 0 Å². The van der Waals surface area contributed by atoms with E-state index < -0.39 is 8.32 Å². The summed E-state index contributed by atoms with van der Waals surface area (Å²) in [5.41, 5.74) is 1.42. The zero-order chi connectivity index (χ0) is 18.1. The van der Waals surface area contributed by atoms with Crippen LogP contribution < -0.4 is 0 Å². The summed E-state index contributed by atoms with van der Waals surface area (Å²) in [4.78, 5) is 7.44. The van der Waals surface area contributed by atoms with Crippen molar-refractivity contribution in [3.05, 3.63) is 35.9 Å². The van der Waals surface area contributed by atoms with Gasteiger partial charge in [-0.3, -0.25) is 4.99 Å². The first-order valence-electron chi connectivity index (χ1n) is 9.80. The first-order valence-corrected chi connectivity index (χ1v) is 12.7. The molecule has 0 N–H and O–H groups in total. The predicted molar refractivity (Wildman–Crippen MR) is 109 cm³/mol. The number of benzene rings is 1. The Balaban J connectivity index is 1.77. The number of hydrogen-bond donors (Lipinski definition) is 0. The first kappa shape index (κ1) is 18.7. The maximum Gasteiger partial charge on any atom is 0.192 e. The Labute approximate surface area is 154 Å². The summed E-state index contributed by atoms with van der Waals surface area (Å²) in [7, 11) is -1.71. The molecule has 25 heavy (non-hydrogen) atoms. The SMILES string of the molecule is CC(C)(C)[Si](C)(C)OCC1CC[C@@H](c2ccccc2)N1C1=NCCC1. The molecule has 1 aromatic carbocycles. The Kier molecular flexibility index (Phi) is 5.40. The first-order chi connectivity index (χ1) is 11.8. The Hall–Kier alpha value is -1.13. The third kappa shape index (κ3) is 4.00. The summed E-state index contributed by atoms with van der Waals surface area (Å²) in [6.45, 7) is 13.5. The summed E-state index contributed by atoms with van der Waals surface area (Å²) in [6, 6.07) is 11.9. The molecule has 1 unspecified atom stereocenters. The standard InChI is InChI=1S/C21H34N2OSi/c1-21(2,3)25(4,5)24-16-18-13-14-19(17-10-7-6-8-11-17)23(18)20-12-9-15-22-20/h6-8,10-11,18-19H,9,12-16H2,1-5H3/t18?,19-/m0/s1. The van der Waals surface area contributed by atoms with Crippen molar-refractivity contribution >= 4 is 14.2 Å². The molecule has 2 atom stereocenters. The molecular weight excluding hydrogens is 324 g/mol. The Morgan fingerprint density at radius 2 is 1.88 bits per heavy atom. The lowest BCUT2D eigenvalue weighted by atomic mass is 10.0. The van der Waals surface area contributed by atoms with Gasteiger partial charge in [0.2, 0.25) is 0 Å². The van der Waals surface area contributed by atoms with Crippen LogP contribution in [0, 0.1) is 0 Å². The van der Waals surface area contributed by atoms with Crippen LogP contribution >= 0.6 is 0 Å². The summed E-state index contributed by atoms with van der Waals surface area (Å²) >= 11 is 0. The molecule has 0 aliphatic carbocycles. The summed E-state index contributed by atoms with van der Waals surface area (Å²) < 4.78 is 6.59. The molecule has 0 aromatic heterocycles. The number of nitrogens with zero attached hydrogens (tertiary/aromatic N) is 2. The van der Waals surface area contributed by atoms with Crippen LogP contribution in [0.2, 0.25) is 18.1 Å². The van der Waals surface area contributed by atoms with Crippen LogP contribution in [0.15, 0.2) is 35.3 Å². The van der Waals surface area contributed by atoms with Crippen LogP contribution in [0.4, 0.5) is 0 Å². The third-order valence-corrected chi connectivity index (χ3v) is 10.8. The van der Waals surface area contributed by atoms with E-state index >= 15 is 0 Å². The van der Waals surface area contributed by atoms with Gasteiger partial charge in [0.25, 0.3) is 0 Å². The highest BCUT2D eigenvalue weighted by Gasteiger charge is 2.41. The van der Waals surface area contributed by atoms with Crippen LogP contribution in [0.5, 0.6) is 0 Å². The highest BCUT2D eigenvalue weighted by molar-refractivity contribution is 6.74. The molecule has 3 rings (SSSR count). The van der Waals surface area contributed by atoms with Gasteiger partial charge in [-0.1, -0.05) is 51.1 Å². The van der Waals surface area contributed by atoms with Gasteiger partial charge in [-0.25, -0.2) is 0 Å². The molecule has 1 fully saturated rings. The average molecular weight is 359 g/mol. The van der Waals surface area contributed by atoms with Crippen LogP contribution in [-0.2, 0) is 4.43 Å². The maximum absolute atomic E-state index is 6.59. The van der Waals surface area contributed by atoms with E-state index in [-0.39, 0.29) is 5.04 Å². The van der Waals surface area contributed by atoms with Gasteiger partial charge in [0.15, 0.2) is 8.32 Å². The topological polar surface area (TPSA) is 24.8 Å². The molecular formula is C21H34N2OSi.